The van der Waals surface area contributed by atoms with Gasteiger partial charge >= 0.3 is 6.09 Å². The molecule has 3 aromatic rings. The molecule has 1 aromatic carbocycles. The summed E-state index contributed by atoms with van der Waals surface area (Å²) < 4.78 is 46.4. The average molecular weight is 588 g/mol. The number of alkyl carbamates (subject to hydrolysis) is 1. The number of aromatic nitrogens is 3. The number of nitrogens with one attached hydrogen (secondary N) is 2. The fourth-order valence-electron chi connectivity index (χ4n) is 5.64. The van der Waals surface area contributed by atoms with Crippen LogP contribution in [0.5, 0.6) is 0 Å². The Morgan fingerprint density at radius 3 is 2.62 bits per heavy atom. The monoisotopic (exact) mass is 587 g/mol. The van der Waals surface area contributed by atoms with Gasteiger partial charge in [-0.25, -0.2) is 22.6 Å². The maximum atomic E-state index is 13.8. The van der Waals surface area contributed by atoms with Crippen LogP contribution in [0.3, 0.4) is 0 Å². The lowest BCUT2D eigenvalue weighted by Crippen LogP contribution is -2.38. The molecule has 0 radical (unpaired) electrons. The van der Waals surface area contributed by atoms with E-state index in [-0.39, 0.29) is 36.6 Å². The Morgan fingerprint density at radius 1 is 1.20 bits per heavy atom. The second-order valence-corrected chi connectivity index (χ2v) is 14.7. The minimum Gasteiger partial charge on any atom is -0.447 e. The molecule has 2 aromatic heterocycles. The van der Waals surface area contributed by atoms with Crippen LogP contribution in [0.25, 0.3) is 10.4 Å². The zero-order chi connectivity index (χ0) is 28.1. The van der Waals surface area contributed by atoms with Crippen LogP contribution < -0.4 is 10.6 Å². The highest BCUT2D eigenvalue weighted by molar-refractivity contribution is 7.93. The van der Waals surface area contributed by atoms with E-state index in [1.807, 2.05) is 26.0 Å². The number of anilines is 2. The van der Waals surface area contributed by atoms with E-state index in [4.69, 9.17) is 9.72 Å². The van der Waals surface area contributed by atoms with Gasteiger partial charge in [-0.1, -0.05) is 6.07 Å². The van der Waals surface area contributed by atoms with Gasteiger partial charge in [0.15, 0.2) is 9.84 Å². The minimum absolute atomic E-state index is 0.0899. The number of halogens is 1. The third kappa shape index (κ3) is 5.23. The molecule has 0 bridgehead atoms. The summed E-state index contributed by atoms with van der Waals surface area (Å²) in [5.74, 6) is 0.550. The number of rotatable bonds is 10. The number of thiazole rings is 1. The standard InChI is InChI=1S/C28H34FN5O4S2/c1-17(2)38-27(35)33-20-5-3-18(4-6-20)26-30-15-24(39-26)23-8-7-21(32-22-14-31-34(16-22)10-9-29)11-25(23)40(36,37)28-12-19(28)13-28/h7-8,11,14-20,32H,3-6,9-10,12-13H2,1-2H3,(H,33,35). The van der Waals surface area contributed by atoms with Crippen molar-refractivity contribution in [2.45, 2.75) is 86.6 Å². The van der Waals surface area contributed by atoms with Gasteiger partial charge in [-0.05, 0) is 70.4 Å². The van der Waals surface area contributed by atoms with E-state index in [1.54, 1.807) is 36.0 Å². The van der Waals surface area contributed by atoms with E-state index in [0.29, 0.717) is 21.8 Å². The number of fused-ring (bicyclic) bond motifs is 1. The van der Waals surface area contributed by atoms with Crippen molar-refractivity contribution in [2.75, 3.05) is 12.0 Å². The zero-order valence-electron chi connectivity index (χ0n) is 22.6. The summed E-state index contributed by atoms with van der Waals surface area (Å²) in [7, 11) is -3.52. The van der Waals surface area contributed by atoms with Crippen molar-refractivity contribution in [3.05, 3.63) is 41.8 Å². The molecule has 0 spiro atoms. The Kier molecular flexibility index (Phi) is 7.10. The number of carbonyl (C=O) groups is 1. The number of sulfone groups is 1. The second kappa shape index (κ2) is 10.4. The van der Waals surface area contributed by atoms with E-state index in [9.17, 15) is 17.6 Å². The van der Waals surface area contributed by atoms with Crippen LogP contribution in [0, 0.1) is 5.92 Å². The Labute approximate surface area is 237 Å². The van der Waals surface area contributed by atoms with Gasteiger partial charge < -0.3 is 15.4 Å². The first kappa shape index (κ1) is 27.2. The lowest BCUT2D eigenvalue weighted by atomic mass is 9.86. The summed E-state index contributed by atoms with van der Waals surface area (Å²) in [5, 5.41) is 11.3. The number of carbonyl (C=O) groups excluding carboxylic acids is 1. The van der Waals surface area contributed by atoms with Crippen LogP contribution in [0.1, 0.15) is 63.3 Å². The number of hydrogen-bond donors (Lipinski definition) is 2. The third-order valence-corrected chi connectivity index (χ3v) is 12.0. The summed E-state index contributed by atoms with van der Waals surface area (Å²) in [4.78, 5) is 17.9. The maximum Gasteiger partial charge on any atom is 0.407 e. The van der Waals surface area contributed by atoms with Crippen molar-refractivity contribution < 1.29 is 22.3 Å². The Bertz CT molecular complexity index is 1500. The van der Waals surface area contributed by atoms with E-state index < -0.39 is 21.3 Å². The summed E-state index contributed by atoms with van der Waals surface area (Å²) >= 11 is 1.55. The van der Waals surface area contributed by atoms with Crippen LogP contribution in [-0.4, -0.2) is 52.8 Å². The van der Waals surface area contributed by atoms with Crippen LogP contribution in [0.2, 0.25) is 0 Å². The van der Waals surface area contributed by atoms with Crippen LogP contribution >= 0.6 is 11.3 Å². The van der Waals surface area contributed by atoms with Gasteiger partial charge in [-0.3, -0.25) is 4.68 Å². The van der Waals surface area contributed by atoms with Gasteiger partial charge in [0.25, 0.3) is 0 Å². The molecule has 2 heterocycles. The molecular weight excluding hydrogens is 553 g/mol. The topological polar surface area (TPSA) is 115 Å². The van der Waals surface area contributed by atoms with Crippen molar-refractivity contribution >= 4 is 38.6 Å². The van der Waals surface area contributed by atoms with Gasteiger partial charge in [0.1, 0.15) is 6.67 Å². The van der Waals surface area contributed by atoms with Gasteiger partial charge in [0.05, 0.1) is 44.1 Å². The number of aryl methyl sites for hydroxylation is 1. The number of alkyl halides is 1. The van der Waals surface area contributed by atoms with Crippen LogP contribution in [0.15, 0.2) is 41.7 Å². The Morgan fingerprint density at radius 2 is 1.95 bits per heavy atom. The molecular formula is C28H34FN5O4S2. The van der Waals surface area contributed by atoms with Crippen molar-refractivity contribution in [3.63, 3.8) is 0 Å². The third-order valence-electron chi connectivity index (χ3n) is 8.18. The number of nitrogens with zero attached hydrogens (tertiary/aromatic N) is 3. The summed E-state index contributed by atoms with van der Waals surface area (Å²) in [6.45, 7) is 3.32. The molecule has 40 heavy (non-hydrogen) atoms. The zero-order valence-corrected chi connectivity index (χ0v) is 24.2. The van der Waals surface area contributed by atoms with Crippen LogP contribution in [-0.2, 0) is 21.1 Å². The molecule has 2 N–H and O–H groups in total. The molecule has 3 fully saturated rings. The van der Waals surface area contributed by atoms with E-state index in [0.717, 1.165) is 48.4 Å². The van der Waals surface area contributed by atoms with Crippen molar-refractivity contribution in [1.29, 1.82) is 0 Å². The predicted molar refractivity (Wildman–Crippen MR) is 151 cm³/mol. The van der Waals surface area contributed by atoms with Crippen molar-refractivity contribution in [2.24, 2.45) is 5.92 Å². The first-order chi connectivity index (χ1) is 19.2. The summed E-state index contributed by atoms with van der Waals surface area (Å²) in [6.07, 6.45) is 9.52. The molecule has 0 saturated heterocycles. The van der Waals surface area contributed by atoms with E-state index >= 15 is 0 Å². The number of ether oxygens (including phenoxy) is 1. The number of benzene rings is 1. The first-order valence-corrected chi connectivity index (χ1v) is 16.2. The van der Waals surface area contributed by atoms with E-state index in [2.05, 4.69) is 15.7 Å². The normalized spacial score (nSPS) is 25.4. The molecule has 9 nitrogen and oxygen atoms in total. The summed E-state index contributed by atoms with van der Waals surface area (Å²) in [5.41, 5.74) is 1.99. The highest BCUT2D eigenvalue weighted by Crippen LogP contribution is 2.73. The highest BCUT2D eigenvalue weighted by atomic mass is 32.2. The predicted octanol–water partition coefficient (Wildman–Crippen LogP) is 5.82. The molecule has 12 heteroatoms. The van der Waals surface area contributed by atoms with Gasteiger partial charge in [0.2, 0.25) is 0 Å². The Hall–Kier alpha value is -2.99. The van der Waals surface area contributed by atoms with Gasteiger partial charge in [-0.2, -0.15) is 5.10 Å². The van der Waals surface area contributed by atoms with Gasteiger partial charge in [-0.15, -0.1) is 11.3 Å². The lowest BCUT2D eigenvalue weighted by molar-refractivity contribution is 0.109. The average Bonchev–Trinajstić information content (AvgIpc) is 3.66. The SMILES string of the molecule is CC(C)OC(=O)NC1CCC(c2ncc(-c3ccc(Nc4cnn(CCF)c4)cc3S(=O)(=O)C34CC3C4)s2)CC1. The highest BCUT2D eigenvalue weighted by Gasteiger charge is 2.78. The molecule has 6 rings (SSSR count). The molecule has 3 aliphatic rings. The molecule has 0 unspecified atom stereocenters. The summed E-state index contributed by atoms with van der Waals surface area (Å²) in [6, 6.07) is 5.52. The largest absolute Gasteiger partial charge is 0.447 e. The molecule has 214 valence electrons. The molecule has 0 atom stereocenters. The molecule has 3 saturated carbocycles. The molecule has 0 aliphatic heterocycles. The van der Waals surface area contributed by atoms with Crippen molar-refractivity contribution in [3.8, 4) is 10.4 Å². The maximum absolute atomic E-state index is 13.8. The lowest BCUT2D eigenvalue weighted by Gasteiger charge is -2.28. The number of amides is 1. The number of hydrogen-bond acceptors (Lipinski definition) is 8. The quantitative estimate of drug-likeness (QED) is 0.307. The molecule has 3 aliphatic carbocycles. The minimum atomic E-state index is -3.52. The molecule has 1 amide bonds. The van der Waals surface area contributed by atoms with Crippen molar-refractivity contribution in [1.82, 2.24) is 20.1 Å². The van der Waals surface area contributed by atoms with Crippen LogP contribution in [0.4, 0.5) is 20.6 Å². The van der Waals surface area contributed by atoms with E-state index in [1.165, 1.54) is 4.68 Å². The fraction of sp³-hybridized carbons (Fsp3) is 0.536. The first-order valence-electron chi connectivity index (χ1n) is 13.9. The fourth-order valence-corrected chi connectivity index (χ4v) is 9.30. The second-order valence-electron chi connectivity index (χ2n) is 11.4. The van der Waals surface area contributed by atoms with Gasteiger partial charge in [0, 0.05) is 35.6 Å². The Balaban J connectivity index is 1.20. The smallest absolute Gasteiger partial charge is 0.407 e.